The quantitative estimate of drug-likeness (QED) is 0.856. The van der Waals surface area contributed by atoms with E-state index in [1.807, 2.05) is 30.3 Å². The first kappa shape index (κ1) is 17.9. The van der Waals surface area contributed by atoms with E-state index in [2.05, 4.69) is 15.6 Å². The zero-order chi connectivity index (χ0) is 18.2. The molecule has 7 heteroatoms. The van der Waals surface area contributed by atoms with Crippen molar-refractivity contribution in [2.24, 2.45) is 0 Å². The minimum absolute atomic E-state index is 0.251. The van der Waals surface area contributed by atoms with Crippen molar-refractivity contribution in [2.75, 3.05) is 31.6 Å². The van der Waals surface area contributed by atoms with Crippen LogP contribution in [0.15, 0.2) is 54.9 Å². The molecule has 7 nitrogen and oxygen atoms in total. The zero-order valence-electron chi connectivity index (χ0n) is 14.4. The highest BCUT2D eigenvalue weighted by atomic mass is 16.5. The second-order valence-corrected chi connectivity index (χ2v) is 6.02. The van der Waals surface area contributed by atoms with E-state index in [4.69, 9.17) is 4.74 Å². The van der Waals surface area contributed by atoms with Gasteiger partial charge >= 0.3 is 6.03 Å². The van der Waals surface area contributed by atoms with Gasteiger partial charge in [-0.25, -0.2) is 4.79 Å². The first-order chi connectivity index (χ1) is 12.7. The minimum Gasteiger partial charge on any atom is -0.378 e. The van der Waals surface area contributed by atoms with Gasteiger partial charge in [0.1, 0.15) is 6.04 Å². The van der Waals surface area contributed by atoms with Crippen LogP contribution in [-0.2, 0) is 16.0 Å². The molecule has 2 heterocycles. The van der Waals surface area contributed by atoms with Crippen molar-refractivity contribution in [2.45, 2.75) is 12.5 Å². The van der Waals surface area contributed by atoms with E-state index in [-0.39, 0.29) is 11.9 Å². The van der Waals surface area contributed by atoms with Gasteiger partial charge in [0.25, 0.3) is 0 Å². The second-order valence-electron chi connectivity index (χ2n) is 6.02. The molecule has 1 fully saturated rings. The molecule has 0 aliphatic carbocycles. The topological polar surface area (TPSA) is 83.6 Å². The molecule has 1 atom stereocenters. The molecular weight excluding hydrogens is 332 g/mol. The van der Waals surface area contributed by atoms with Gasteiger partial charge in [0.05, 0.1) is 13.2 Å². The Morgan fingerprint density at radius 3 is 2.46 bits per heavy atom. The van der Waals surface area contributed by atoms with Crippen molar-refractivity contribution >= 4 is 17.6 Å². The van der Waals surface area contributed by atoms with Gasteiger partial charge in [0, 0.05) is 37.6 Å². The molecule has 1 aromatic heterocycles. The summed E-state index contributed by atoms with van der Waals surface area (Å²) in [7, 11) is 0. The molecule has 0 radical (unpaired) electrons. The van der Waals surface area contributed by atoms with Crippen molar-refractivity contribution in [3.63, 3.8) is 0 Å². The smallest absolute Gasteiger partial charge is 0.318 e. The number of carbonyl (C=O) groups is 2. The highest BCUT2D eigenvalue weighted by Gasteiger charge is 2.25. The number of hydrogen-bond acceptors (Lipinski definition) is 4. The highest BCUT2D eigenvalue weighted by molar-refractivity contribution is 5.97. The van der Waals surface area contributed by atoms with Crippen molar-refractivity contribution in [3.8, 4) is 0 Å². The number of nitrogens with one attached hydrogen (secondary N) is 2. The molecule has 0 spiro atoms. The maximum Gasteiger partial charge on any atom is 0.318 e. The number of urea groups is 1. The molecule has 136 valence electrons. The lowest BCUT2D eigenvalue weighted by molar-refractivity contribution is -0.118. The Morgan fingerprint density at radius 2 is 1.77 bits per heavy atom. The molecule has 1 saturated heterocycles. The minimum atomic E-state index is -0.680. The lowest BCUT2D eigenvalue weighted by Gasteiger charge is -2.29. The summed E-state index contributed by atoms with van der Waals surface area (Å²) in [6.45, 7) is 2.08. The van der Waals surface area contributed by atoms with Crippen LogP contribution in [0.2, 0.25) is 0 Å². The Kier molecular flexibility index (Phi) is 6.16. The van der Waals surface area contributed by atoms with Gasteiger partial charge in [0.15, 0.2) is 0 Å². The summed E-state index contributed by atoms with van der Waals surface area (Å²) >= 11 is 0. The molecule has 3 amide bonds. The lowest BCUT2D eigenvalue weighted by atomic mass is 10.1. The number of ether oxygens (including phenoxy) is 1. The Bertz CT molecular complexity index is 718. The van der Waals surface area contributed by atoms with E-state index in [0.717, 1.165) is 5.56 Å². The molecule has 2 N–H and O–H groups in total. The van der Waals surface area contributed by atoms with Gasteiger partial charge in [0.2, 0.25) is 5.91 Å². The van der Waals surface area contributed by atoms with Crippen LogP contribution in [0.25, 0.3) is 0 Å². The summed E-state index contributed by atoms with van der Waals surface area (Å²) in [6, 6.07) is 12.1. The first-order valence-corrected chi connectivity index (χ1v) is 8.60. The summed E-state index contributed by atoms with van der Waals surface area (Å²) in [4.78, 5) is 30.9. The third-order valence-electron chi connectivity index (χ3n) is 4.14. The van der Waals surface area contributed by atoms with Crippen LogP contribution in [0, 0.1) is 0 Å². The van der Waals surface area contributed by atoms with Gasteiger partial charge in [-0.1, -0.05) is 30.3 Å². The summed E-state index contributed by atoms with van der Waals surface area (Å²) < 4.78 is 5.27. The van der Waals surface area contributed by atoms with Crippen LogP contribution in [0.5, 0.6) is 0 Å². The molecule has 1 aromatic carbocycles. The van der Waals surface area contributed by atoms with E-state index < -0.39 is 6.04 Å². The van der Waals surface area contributed by atoms with E-state index >= 15 is 0 Å². The maximum absolute atomic E-state index is 12.7. The van der Waals surface area contributed by atoms with Crippen LogP contribution >= 0.6 is 0 Å². The molecule has 0 unspecified atom stereocenters. The van der Waals surface area contributed by atoms with Crippen molar-refractivity contribution in [1.29, 1.82) is 0 Å². The van der Waals surface area contributed by atoms with Gasteiger partial charge in [-0.2, -0.15) is 0 Å². The fraction of sp³-hybridized carbons (Fsp3) is 0.316. The number of carbonyl (C=O) groups excluding carboxylic acids is 2. The average molecular weight is 354 g/mol. The van der Waals surface area contributed by atoms with Gasteiger partial charge in [-0.15, -0.1) is 0 Å². The average Bonchev–Trinajstić information content (AvgIpc) is 2.69. The monoisotopic (exact) mass is 354 g/mol. The van der Waals surface area contributed by atoms with E-state index in [1.165, 1.54) is 0 Å². The fourth-order valence-electron chi connectivity index (χ4n) is 2.73. The van der Waals surface area contributed by atoms with Crippen LogP contribution in [0.1, 0.15) is 5.56 Å². The fourth-order valence-corrected chi connectivity index (χ4v) is 2.73. The Morgan fingerprint density at radius 1 is 1.08 bits per heavy atom. The van der Waals surface area contributed by atoms with E-state index in [9.17, 15) is 9.59 Å². The SMILES string of the molecule is O=C(Nc1ccncc1)[C@H](Cc1ccccc1)NC(=O)N1CCOCC1. The number of amides is 3. The summed E-state index contributed by atoms with van der Waals surface area (Å²) in [5, 5.41) is 5.69. The molecule has 0 saturated carbocycles. The highest BCUT2D eigenvalue weighted by Crippen LogP contribution is 2.09. The number of morpholine rings is 1. The number of rotatable bonds is 5. The third-order valence-corrected chi connectivity index (χ3v) is 4.14. The second kappa shape index (κ2) is 8.96. The molecule has 1 aliphatic rings. The van der Waals surface area contributed by atoms with Crippen LogP contribution < -0.4 is 10.6 Å². The number of anilines is 1. The van der Waals surface area contributed by atoms with Crippen LogP contribution in [0.3, 0.4) is 0 Å². The number of pyridine rings is 1. The standard InChI is InChI=1S/C19H22N4O3/c24-18(21-16-6-8-20-9-7-16)17(14-15-4-2-1-3-5-15)22-19(25)23-10-12-26-13-11-23/h1-9,17H,10-14H2,(H,22,25)(H,20,21,24)/t17-/m0/s1. The first-order valence-electron chi connectivity index (χ1n) is 8.60. The molecule has 2 aromatic rings. The summed E-state index contributed by atoms with van der Waals surface area (Å²) in [6.07, 6.45) is 3.62. The molecular formula is C19H22N4O3. The number of hydrogen-bond donors (Lipinski definition) is 2. The van der Waals surface area contributed by atoms with E-state index in [0.29, 0.717) is 38.4 Å². The van der Waals surface area contributed by atoms with Crippen LogP contribution in [-0.4, -0.2) is 54.2 Å². The third kappa shape index (κ3) is 5.03. The van der Waals surface area contributed by atoms with Crippen LogP contribution in [0.4, 0.5) is 10.5 Å². The molecule has 3 rings (SSSR count). The van der Waals surface area contributed by atoms with Gasteiger partial charge in [-0.05, 0) is 17.7 Å². The van der Waals surface area contributed by atoms with E-state index in [1.54, 1.807) is 29.4 Å². The Labute approximate surface area is 152 Å². The van der Waals surface area contributed by atoms with Gasteiger partial charge < -0.3 is 20.3 Å². The van der Waals surface area contributed by atoms with Crippen molar-refractivity contribution in [3.05, 3.63) is 60.4 Å². The lowest BCUT2D eigenvalue weighted by Crippen LogP contribution is -2.53. The normalized spacial score (nSPS) is 15.2. The predicted octanol–water partition coefficient (Wildman–Crippen LogP) is 1.67. The maximum atomic E-state index is 12.7. The van der Waals surface area contributed by atoms with Gasteiger partial charge in [-0.3, -0.25) is 9.78 Å². The largest absolute Gasteiger partial charge is 0.378 e. The molecule has 1 aliphatic heterocycles. The Balaban J connectivity index is 1.70. The number of benzene rings is 1. The zero-order valence-corrected chi connectivity index (χ0v) is 14.4. The van der Waals surface area contributed by atoms with Crippen molar-refractivity contribution < 1.29 is 14.3 Å². The summed E-state index contributed by atoms with van der Waals surface area (Å²) in [5.74, 6) is -0.262. The number of nitrogens with zero attached hydrogens (tertiary/aromatic N) is 2. The number of aromatic nitrogens is 1. The Hall–Kier alpha value is -2.93. The predicted molar refractivity (Wildman–Crippen MR) is 97.7 cm³/mol. The molecule has 0 bridgehead atoms. The summed E-state index contributed by atoms with van der Waals surface area (Å²) in [5.41, 5.74) is 1.62. The molecule has 26 heavy (non-hydrogen) atoms. The van der Waals surface area contributed by atoms with Crippen molar-refractivity contribution in [1.82, 2.24) is 15.2 Å².